The zero-order valence-corrected chi connectivity index (χ0v) is 10.2. The Hall–Kier alpha value is -2.04. The van der Waals surface area contributed by atoms with Gasteiger partial charge in [0.2, 0.25) is 5.91 Å². The summed E-state index contributed by atoms with van der Waals surface area (Å²) in [5, 5.41) is 5.62. The number of nitrogens with one attached hydrogen (secondary N) is 2. The molecule has 0 aliphatic rings. The van der Waals surface area contributed by atoms with Gasteiger partial charge in [-0.3, -0.25) is 9.79 Å². The van der Waals surface area contributed by atoms with E-state index in [1.807, 2.05) is 31.2 Å². The minimum absolute atomic E-state index is 0.0646. The van der Waals surface area contributed by atoms with Gasteiger partial charge in [0.1, 0.15) is 0 Å². The third kappa shape index (κ3) is 5.55. The number of hydrogen-bond acceptors (Lipinski definition) is 2. The predicted octanol–water partition coefficient (Wildman–Crippen LogP) is 0.858. The highest BCUT2D eigenvalue weighted by molar-refractivity contribution is 5.92. The molecule has 0 spiro atoms. The van der Waals surface area contributed by atoms with E-state index in [0.29, 0.717) is 19.0 Å². The average molecular weight is 234 g/mol. The number of nitrogens with two attached hydrogens (primary N) is 1. The van der Waals surface area contributed by atoms with Crippen molar-refractivity contribution in [3.8, 4) is 0 Å². The Morgan fingerprint density at radius 3 is 2.59 bits per heavy atom. The quantitative estimate of drug-likeness (QED) is 0.410. The molecule has 0 bridgehead atoms. The van der Waals surface area contributed by atoms with E-state index in [2.05, 4.69) is 15.6 Å². The lowest BCUT2D eigenvalue weighted by Gasteiger charge is -2.06. The van der Waals surface area contributed by atoms with E-state index in [1.165, 1.54) is 12.5 Å². The largest absolute Gasteiger partial charge is 0.370 e. The van der Waals surface area contributed by atoms with Crippen molar-refractivity contribution in [1.82, 2.24) is 5.32 Å². The molecule has 4 N–H and O–H groups in total. The zero-order chi connectivity index (χ0) is 12.7. The highest BCUT2D eigenvalue weighted by Crippen LogP contribution is 2.07. The number of carbonyl (C=O) groups is 1. The van der Waals surface area contributed by atoms with Crippen molar-refractivity contribution in [3.05, 3.63) is 29.8 Å². The number of amides is 1. The minimum Gasteiger partial charge on any atom is -0.370 e. The number of guanidine groups is 1. The number of carbonyl (C=O) groups excluding carboxylic acids is 1. The Balaban J connectivity index is 2.37. The first kappa shape index (κ1) is 13.0. The molecule has 0 unspecified atom stereocenters. The molecule has 5 nitrogen and oxygen atoms in total. The zero-order valence-electron chi connectivity index (χ0n) is 10.2. The van der Waals surface area contributed by atoms with Crippen LogP contribution in [0.5, 0.6) is 0 Å². The summed E-state index contributed by atoms with van der Waals surface area (Å²) < 4.78 is 0. The molecular formula is C12H18N4O. The summed E-state index contributed by atoms with van der Waals surface area (Å²) in [4.78, 5) is 14.7. The fraction of sp³-hybridized carbons (Fsp3) is 0.333. The van der Waals surface area contributed by atoms with E-state index in [0.717, 1.165) is 5.69 Å². The fourth-order valence-electron chi connectivity index (χ4n) is 1.23. The maximum Gasteiger partial charge on any atom is 0.216 e. The summed E-state index contributed by atoms with van der Waals surface area (Å²) in [6.45, 7) is 4.45. The van der Waals surface area contributed by atoms with Crippen molar-refractivity contribution in [2.24, 2.45) is 10.7 Å². The molecule has 0 radical (unpaired) electrons. The van der Waals surface area contributed by atoms with Crippen LogP contribution in [0, 0.1) is 6.92 Å². The van der Waals surface area contributed by atoms with Crippen molar-refractivity contribution in [2.75, 3.05) is 18.4 Å². The number of anilines is 1. The van der Waals surface area contributed by atoms with E-state index in [4.69, 9.17) is 5.73 Å². The van der Waals surface area contributed by atoms with Gasteiger partial charge < -0.3 is 16.4 Å². The lowest BCUT2D eigenvalue weighted by molar-refractivity contribution is -0.118. The SMILES string of the molecule is CC(=O)NCCN=C(N)Nc1ccc(C)cc1. The number of rotatable bonds is 4. The third-order valence-corrected chi connectivity index (χ3v) is 2.09. The van der Waals surface area contributed by atoms with Gasteiger partial charge in [-0.05, 0) is 19.1 Å². The standard InChI is InChI=1S/C12H18N4O/c1-9-3-5-11(6-4-9)16-12(13)15-8-7-14-10(2)17/h3-6H,7-8H2,1-2H3,(H,14,17)(H3,13,15,16). The Bertz CT molecular complexity index is 397. The second-order valence-corrected chi connectivity index (χ2v) is 3.74. The highest BCUT2D eigenvalue weighted by atomic mass is 16.1. The normalized spacial score (nSPS) is 11.1. The van der Waals surface area contributed by atoms with E-state index in [9.17, 15) is 4.79 Å². The van der Waals surface area contributed by atoms with E-state index in [-0.39, 0.29) is 5.91 Å². The molecule has 17 heavy (non-hydrogen) atoms. The van der Waals surface area contributed by atoms with Crippen molar-refractivity contribution in [2.45, 2.75) is 13.8 Å². The molecular weight excluding hydrogens is 216 g/mol. The van der Waals surface area contributed by atoms with E-state index < -0.39 is 0 Å². The van der Waals surface area contributed by atoms with Gasteiger partial charge in [-0.1, -0.05) is 17.7 Å². The molecule has 0 atom stereocenters. The summed E-state index contributed by atoms with van der Waals surface area (Å²) in [6, 6.07) is 7.86. The Kier molecular flexibility index (Phi) is 5.00. The highest BCUT2D eigenvalue weighted by Gasteiger charge is 1.94. The Labute approximate surface area is 101 Å². The predicted molar refractivity (Wildman–Crippen MR) is 70.0 cm³/mol. The summed E-state index contributed by atoms with van der Waals surface area (Å²) in [5.41, 5.74) is 7.78. The maximum atomic E-state index is 10.6. The second-order valence-electron chi connectivity index (χ2n) is 3.74. The number of nitrogens with zero attached hydrogens (tertiary/aromatic N) is 1. The lowest BCUT2D eigenvalue weighted by atomic mass is 10.2. The molecule has 0 aromatic heterocycles. The molecule has 0 fully saturated rings. The van der Waals surface area contributed by atoms with Crippen LogP contribution in [0.1, 0.15) is 12.5 Å². The molecule has 92 valence electrons. The molecule has 0 heterocycles. The topological polar surface area (TPSA) is 79.5 Å². The van der Waals surface area contributed by atoms with Crippen molar-refractivity contribution >= 4 is 17.6 Å². The van der Waals surface area contributed by atoms with Gasteiger partial charge in [-0.2, -0.15) is 0 Å². The summed E-state index contributed by atoms with van der Waals surface area (Å²) in [7, 11) is 0. The van der Waals surface area contributed by atoms with E-state index in [1.54, 1.807) is 0 Å². The molecule has 1 rings (SSSR count). The van der Waals surface area contributed by atoms with Crippen molar-refractivity contribution in [3.63, 3.8) is 0 Å². The molecule has 0 saturated carbocycles. The van der Waals surface area contributed by atoms with Gasteiger partial charge in [-0.15, -0.1) is 0 Å². The Morgan fingerprint density at radius 1 is 1.35 bits per heavy atom. The van der Waals surface area contributed by atoms with Crippen LogP contribution in [-0.2, 0) is 4.79 Å². The van der Waals surface area contributed by atoms with Gasteiger partial charge in [0, 0.05) is 19.2 Å². The second kappa shape index (κ2) is 6.52. The fourth-order valence-corrected chi connectivity index (χ4v) is 1.23. The number of aryl methyl sites for hydroxylation is 1. The van der Waals surface area contributed by atoms with Crippen molar-refractivity contribution in [1.29, 1.82) is 0 Å². The lowest BCUT2D eigenvalue weighted by Crippen LogP contribution is -2.26. The van der Waals surface area contributed by atoms with E-state index >= 15 is 0 Å². The third-order valence-electron chi connectivity index (χ3n) is 2.09. The summed E-state index contributed by atoms with van der Waals surface area (Å²) >= 11 is 0. The molecule has 1 aromatic rings. The maximum absolute atomic E-state index is 10.6. The summed E-state index contributed by atoms with van der Waals surface area (Å²) in [6.07, 6.45) is 0. The monoisotopic (exact) mass is 234 g/mol. The van der Waals surface area contributed by atoms with Crippen LogP contribution in [0.4, 0.5) is 5.69 Å². The first-order valence-electron chi connectivity index (χ1n) is 5.46. The van der Waals surface area contributed by atoms with Crippen LogP contribution in [0.3, 0.4) is 0 Å². The van der Waals surface area contributed by atoms with Crippen LogP contribution in [0.25, 0.3) is 0 Å². The Morgan fingerprint density at radius 2 is 2.00 bits per heavy atom. The van der Waals surface area contributed by atoms with Crippen LogP contribution in [0.2, 0.25) is 0 Å². The molecule has 1 aromatic carbocycles. The van der Waals surface area contributed by atoms with Gasteiger partial charge in [-0.25, -0.2) is 0 Å². The van der Waals surface area contributed by atoms with Crippen LogP contribution in [0.15, 0.2) is 29.3 Å². The average Bonchev–Trinajstić information content (AvgIpc) is 2.27. The molecule has 5 heteroatoms. The minimum atomic E-state index is -0.0646. The first-order chi connectivity index (χ1) is 8.08. The van der Waals surface area contributed by atoms with Crippen LogP contribution in [-0.4, -0.2) is 25.0 Å². The number of hydrogen-bond donors (Lipinski definition) is 3. The smallest absolute Gasteiger partial charge is 0.216 e. The number of aliphatic imine (C=N–C) groups is 1. The van der Waals surface area contributed by atoms with Crippen LogP contribution >= 0.6 is 0 Å². The van der Waals surface area contributed by atoms with Crippen molar-refractivity contribution < 1.29 is 4.79 Å². The van der Waals surface area contributed by atoms with Gasteiger partial charge in [0.25, 0.3) is 0 Å². The number of benzene rings is 1. The first-order valence-corrected chi connectivity index (χ1v) is 5.46. The van der Waals surface area contributed by atoms with Gasteiger partial charge >= 0.3 is 0 Å². The molecule has 0 aliphatic heterocycles. The summed E-state index contributed by atoms with van der Waals surface area (Å²) in [5.74, 6) is 0.282. The molecule has 1 amide bonds. The van der Waals surface area contributed by atoms with Crippen LogP contribution < -0.4 is 16.4 Å². The molecule has 0 aliphatic carbocycles. The molecule has 0 saturated heterocycles. The van der Waals surface area contributed by atoms with Gasteiger partial charge in [0.05, 0.1) is 6.54 Å². The van der Waals surface area contributed by atoms with Gasteiger partial charge in [0.15, 0.2) is 5.96 Å².